The first-order chi connectivity index (χ1) is 13.6. The highest BCUT2D eigenvalue weighted by atomic mass is 16.5. The predicted octanol–water partition coefficient (Wildman–Crippen LogP) is 3.88. The Bertz CT molecular complexity index is 692. The molecule has 0 bridgehead atoms. The molecule has 0 aromatic heterocycles. The molecule has 2 aromatic rings. The maximum absolute atomic E-state index is 10.5. The average Bonchev–Trinajstić information content (AvgIpc) is 2.73. The number of aliphatic hydroxyl groups excluding tert-OH is 1. The summed E-state index contributed by atoms with van der Waals surface area (Å²) >= 11 is 0. The molecule has 0 amide bonds. The minimum atomic E-state index is -0.544. The van der Waals surface area contributed by atoms with Gasteiger partial charge in [-0.1, -0.05) is 43.3 Å². The molecule has 0 unspecified atom stereocenters. The van der Waals surface area contributed by atoms with Gasteiger partial charge in [-0.2, -0.15) is 0 Å². The van der Waals surface area contributed by atoms with Gasteiger partial charge in [0.2, 0.25) is 0 Å². The monoisotopic (exact) mass is 387 g/mol. The van der Waals surface area contributed by atoms with E-state index in [4.69, 9.17) is 14.2 Å². The Hall–Kier alpha value is -2.08. The van der Waals surface area contributed by atoms with Crippen molar-refractivity contribution in [1.82, 2.24) is 4.90 Å². The number of methoxy groups -OCH3 is 2. The van der Waals surface area contributed by atoms with E-state index in [2.05, 4.69) is 18.7 Å². The molecule has 28 heavy (non-hydrogen) atoms. The highest BCUT2D eigenvalue weighted by Gasteiger charge is 2.18. The van der Waals surface area contributed by atoms with Gasteiger partial charge in [-0.25, -0.2) is 0 Å². The molecule has 0 heterocycles. The maximum atomic E-state index is 10.5. The number of hydrogen-bond acceptors (Lipinski definition) is 5. The van der Waals surface area contributed by atoms with Crippen LogP contribution in [0, 0.1) is 0 Å². The third kappa shape index (κ3) is 6.82. The SMILES string of the molecule is CC[C@@H](C)N(Cc1ccc(OC)c(OC)c1)C[C@H](O)COCc1ccccc1. The molecule has 5 heteroatoms. The molecule has 0 saturated carbocycles. The van der Waals surface area contributed by atoms with Crippen LogP contribution in [0.4, 0.5) is 0 Å². The van der Waals surface area contributed by atoms with Crippen molar-refractivity contribution in [1.29, 1.82) is 0 Å². The normalized spacial score (nSPS) is 13.4. The molecular formula is C23H33NO4. The lowest BCUT2D eigenvalue weighted by molar-refractivity contribution is 0.00144. The Balaban J connectivity index is 1.93. The summed E-state index contributed by atoms with van der Waals surface area (Å²) in [6.45, 7) is 6.44. The van der Waals surface area contributed by atoms with Gasteiger partial charge in [0.1, 0.15) is 0 Å². The zero-order valence-corrected chi connectivity index (χ0v) is 17.4. The fraction of sp³-hybridized carbons (Fsp3) is 0.478. The molecule has 0 aliphatic carbocycles. The lowest BCUT2D eigenvalue weighted by Crippen LogP contribution is -2.39. The molecule has 0 spiro atoms. The lowest BCUT2D eigenvalue weighted by Gasteiger charge is -2.30. The molecule has 2 atom stereocenters. The summed E-state index contributed by atoms with van der Waals surface area (Å²) in [6, 6.07) is 16.3. The van der Waals surface area contributed by atoms with E-state index < -0.39 is 6.10 Å². The van der Waals surface area contributed by atoms with Gasteiger partial charge >= 0.3 is 0 Å². The number of ether oxygens (including phenoxy) is 3. The van der Waals surface area contributed by atoms with Crippen molar-refractivity contribution in [2.24, 2.45) is 0 Å². The zero-order chi connectivity index (χ0) is 20.4. The van der Waals surface area contributed by atoms with Gasteiger partial charge in [0, 0.05) is 19.1 Å². The van der Waals surface area contributed by atoms with Crippen LogP contribution in [0.3, 0.4) is 0 Å². The van der Waals surface area contributed by atoms with Crippen molar-refractivity contribution < 1.29 is 19.3 Å². The zero-order valence-electron chi connectivity index (χ0n) is 17.4. The molecule has 0 radical (unpaired) electrons. The summed E-state index contributed by atoms with van der Waals surface area (Å²) in [6.07, 6.45) is 0.461. The highest BCUT2D eigenvalue weighted by molar-refractivity contribution is 5.42. The third-order valence-electron chi connectivity index (χ3n) is 4.91. The number of nitrogens with zero attached hydrogens (tertiary/aromatic N) is 1. The molecule has 2 aromatic carbocycles. The van der Waals surface area contributed by atoms with Crippen molar-refractivity contribution in [2.45, 2.75) is 45.6 Å². The van der Waals surface area contributed by atoms with E-state index in [0.717, 1.165) is 35.6 Å². The molecule has 0 fully saturated rings. The van der Waals surface area contributed by atoms with Gasteiger partial charge in [-0.3, -0.25) is 4.90 Å². The third-order valence-corrected chi connectivity index (χ3v) is 4.91. The number of rotatable bonds is 12. The molecule has 154 valence electrons. The summed E-state index contributed by atoms with van der Waals surface area (Å²) in [5, 5.41) is 10.5. The van der Waals surface area contributed by atoms with E-state index in [1.165, 1.54) is 0 Å². The minimum absolute atomic E-state index is 0.313. The number of aliphatic hydroxyl groups is 1. The molecule has 0 saturated heterocycles. The molecule has 2 rings (SSSR count). The van der Waals surface area contributed by atoms with Crippen LogP contribution < -0.4 is 9.47 Å². The van der Waals surface area contributed by atoms with E-state index in [1.54, 1.807) is 14.2 Å². The predicted molar refractivity (Wildman–Crippen MR) is 112 cm³/mol. The van der Waals surface area contributed by atoms with Crippen molar-refractivity contribution >= 4 is 0 Å². The highest BCUT2D eigenvalue weighted by Crippen LogP contribution is 2.28. The van der Waals surface area contributed by atoms with Crippen LogP contribution in [0.1, 0.15) is 31.4 Å². The van der Waals surface area contributed by atoms with Gasteiger partial charge in [0.15, 0.2) is 11.5 Å². The van der Waals surface area contributed by atoms with Crippen molar-refractivity contribution in [3.05, 3.63) is 59.7 Å². The first-order valence-electron chi connectivity index (χ1n) is 9.82. The number of hydrogen-bond donors (Lipinski definition) is 1. The van der Waals surface area contributed by atoms with Crippen molar-refractivity contribution in [3.8, 4) is 11.5 Å². The Morgan fingerprint density at radius 1 is 0.964 bits per heavy atom. The fourth-order valence-electron chi connectivity index (χ4n) is 3.08. The molecular weight excluding hydrogens is 354 g/mol. The molecule has 1 N–H and O–H groups in total. The quantitative estimate of drug-likeness (QED) is 0.599. The Labute approximate surface area is 168 Å². The van der Waals surface area contributed by atoms with Gasteiger partial charge in [-0.05, 0) is 36.6 Å². The van der Waals surface area contributed by atoms with Gasteiger partial charge in [0.05, 0.1) is 33.5 Å². The summed E-state index contributed by atoms with van der Waals surface area (Å²) in [4.78, 5) is 2.28. The second kappa shape index (κ2) is 11.7. The second-order valence-corrected chi connectivity index (χ2v) is 7.03. The van der Waals surface area contributed by atoms with Crippen LogP contribution in [0.5, 0.6) is 11.5 Å². The van der Waals surface area contributed by atoms with E-state index in [9.17, 15) is 5.11 Å². The summed E-state index contributed by atoms with van der Waals surface area (Å²) in [5.74, 6) is 1.44. The molecule has 0 aliphatic heterocycles. The minimum Gasteiger partial charge on any atom is -0.493 e. The Morgan fingerprint density at radius 2 is 1.68 bits per heavy atom. The average molecular weight is 388 g/mol. The standard InChI is InChI=1S/C23H33NO4/c1-5-18(2)24(14-20-11-12-22(26-3)23(13-20)27-4)15-21(25)17-28-16-19-9-7-6-8-10-19/h6-13,18,21,25H,5,14-17H2,1-4H3/t18-,21+/m1/s1. The summed E-state index contributed by atoms with van der Waals surface area (Å²) in [5.41, 5.74) is 2.23. The topological polar surface area (TPSA) is 51.2 Å². The molecule has 0 aliphatic rings. The Kier molecular flexibility index (Phi) is 9.28. The largest absolute Gasteiger partial charge is 0.493 e. The molecule has 5 nitrogen and oxygen atoms in total. The van der Waals surface area contributed by atoms with E-state index in [-0.39, 0.29) is 0 Å². The Morgan fingerprint density at radius 3 is 2.32 bits per heavy atom. The van der Waals surface area contributed by atoms with Crippen molar-refractivity contribution in [2.75, 3.05) is 27.4 Å². The van der Waals surface area contributed by atoms with Gasteiger partial charge in [0.25, 0.3) is 0 Å². The summed E-state index contributed by atoms with van der Waals surface area (Å²) < 4.78 is 16.4. The smallest absolute Gasteiger partial charge is 0.161 e. The van der Waals surface area contributed by atoms with Crippen LogP contribution >= 0.6 is 0 Å². The van der Waals surface area contributed by atoms with Crippen LogP contribution in [0.15, 0.2) is 48.5 Å². The van der Waals surface area contributed by atoms with E-state index >= 15 is 0 Å². The lowest BCUT2D eigenvalue weighted by atomic mass is 10.1. The maximum Gasteiger partial charge on any atom is 0.161 e. The first-order valence-corrected chi connectivity index (χ1v) is 9.82. The van der Waals surface area contributed by atoms with Crippen LogP contribution in [-0.2, 0) is 17.9 Å². The fourth-order valence-corrected chi connectivity index (χ4v) is 3.08. The van der Waals surface area contributed by atoms with Crippen LogP contribution in [-0.4, -0.2) is 49.5 Å². The number of benzene rings is 2. The summed E-state index contributed by atoms with van der Waals surface area (Å²) in [7, 11) is 3.27. The van der Waals surface area contributed by atoms with E-state index in [0.29, 0.717) is 25.8 Å². The van der Waals surface area contributed by atoms with Crippen LogP contribution in [0.25, 0.3) is 0 Å². The second-order valence-electron chi connectivity index (χ2n) is 7.03. The van der Waals surface area contributed by atoms with Crippen molar-refractivity contribution in [3.63, 3.8) is 0 Å². The van der Waals surface area contributed by atoms with Gasteiger partial charge < -0.3 is 19.3 Å². The first kappa shape index (κ1) is 22.2. The van der Waals surface area contributed by atoms with Gasteiger partial charge in [-0.15, -0.1) is 0 Å². The van der Waals surface area contributed by atoms with Crippen LogP contribution in [0.2, 0.25) is 0 Å². The van der Waals surface area contributed by atoms with E-state index in [1.807, 2.05) is 48.5 Å².